The molecule has 17 heavy (non-hydrogen) atoms. The van der Waals surface area contributed by atoms with E-state index in [-0.39, 0.29) is 24.6 Å². The fraction of sp³-hybridized carbons (Fsp3) is 0.769. The molecule has 0 fully saturated rings. The number of carbonyl (C=O) groups is 1. The van der Waals surface area contributed by atoms with Gasteiger partial charge in [0.25, 0.3) is 0 Å². The molecule has 0 heterocycles. The zero-order valence-electron chi connectivity index (χ0n) is 11.1. The number of hydrogen-bond acceptors (Lipinski definition) is 4. The second-order valence-electron chi connectivity index (χ2n) is 3.55. The van der Waals surface area contributed by atoms with Crippen LogP contribution in [0, 0.1) is 0 Å². The molecule has 0 aliphatic rings. The first-order valence-corrected chi connectivity index (χ1v) is 6.19. The minimum Gasteiger partial charge on any atom is -0.466 e. The Morgan fingerprint density at radius 2 is 1.82 bits per heavy atom. The van der Waals surface area contributed by atoms with E-state index in [4.69, 9.17) is 14.2 Å². The molecule has 2 unspecified atom stereocenters. The summed E-state index contributed by atoms with van der Waals surface area (Å²) in [6.07, 6.45) is 2.38. The third-order valence-electron chi connectivity index (χ3n) is 2.24. The van der Waals surface area contributed by atoms with Crippen LogP contribution in [-0.4, -0.2) is 38.0 Å². The molecule has 0 aliphatic carbocycles. The van der Waals surface area contributed by atoms with Crippen LogP contribution in [0.25, 0.3) is 0 Å². The van der Waals surface area contributed by atoms with Crippen molar-refractivity contribution in [3.05, 3.63) is 12.7 Å². The van der Waals surface area contributed by atoms with E-state index < -0.39 is 0 Å². The molecule has 0 rings (SSSR count). The first-order chi connectivity index (χ1) is 8.17. The number of rotatable bonds is 10. The molecule has 0 spiro atoms. The standard InChI is InChI=1S/C13H24O4/c1-5-11(15-6-2)9-12(16-7-3)10-13(14)17-8-4/h5,11-12H,1,6-10H2,2-4H3. The van der Waals surface area contributed by atoms with Gasteiger partial charge in [-0.25, -0.2) is 0 Å². The van der Waals surface area contributed by atoms with Crippen LogP contribution >= 0.6 is 0 Å². The van der Waals surface area contributed by atoms with Crippen LogP contribution in [0.15, 0.2) is 12.7 Å². The van der Waals surface area contributed by atoms with Crippen LogP contribution < -0.4 is 0 Å². The number of hydrogen-bond donors (Lipinski definition) is 0. The maximum atomic E-state index is 11.4. The summed E-state index contributed by atoms with van der Waals surface area (Å²) in [7, 11) is 0. The fourth-order valence-corrected chi connectivity index (χ4v) is 1.56. The second kappa shape index (κ2) is 10.3. The molecule has 0 aromatic carbocycles. The maximum Gasteiger partial charge on any atom is 0.308 e. The van der Waals surface area contributed by atoms with Crippen molar-refractivity contribution in [3.8, 4) is 0 Å². The summed E-state index contributed by atoms with van der Waals surface area (Å²) in [6.45, 7) is 10.9. The van der Waals surface area contributed by atoms with E-state index in [0.29, 0.717) is 26.2 Å². The van der Waals surface area contributed by atoms with E-state index in [1.54, 1.807) is 13.0 Å². The summed E-state index contributed by atoms with van der Waals surface area (Å²) in [6, 6.07) is 0. The predicted molar refractivity (Wildman–Crippen MR) is 66.9 cm³/mol. The van der Waals surface area contributed by atoms with Crippen molar-refractivity contribution >= 4 is 5.97 Å². The molecule has 0 radical (unpaired) electrons. The van der Waals surface area contributed by atoms with Crippen LogP contribution in [0.5, 0.6) is 0 Å². The predicted octanol–water partition coefficient (Wildman–Crippen LogP) is 2.33. The van der Waals surface area contributed by atoms with Gasteiger partial charge in [0.15, 0.2) is 0 Å². The molecule has 4 nitrogen and oxygen atoms in total. The highest BCUT2D eigenvalue weighted by atomic mass is 16.5. The third kappa shape index (κ3) is 7.94. The van der Waals surface area contributed by atoms with Gasteiger partial charge < -0.3 is 14.2 Å². The molecular weight excluding hydrogens is 220 g/mol. The van der Waals surface area contributed by atoms with E-state index >= 15 is 0 Å². The lowest BCUT2D eigenvalue weighted by molar-refractivity contribution is -0.146. The SMILES string of the molecule is C=CC(CC(CC(=O)OCC)OCC)OCC. The van der Waals surface area contributed by atoms with Gasteiger partial charge in [0, 0.05) is 19.6 Å². The Morgan fingerprint density at radius 1 is 1.18 bits per heavy atom. The van der Waals surface area contributed by atoms with Gasteiger partial charge in [0.1, 0.15) is 0 Å². The molecular formula is C13H24O4. The Hall–Kier alpha value is -0.870. The summed E-state index contributed by atoms with van der Waals surface area (Å²) in [5.74, 6) is -0.231. The van der Waals surface area contributed by atoms with Gasteiger partial charge >= 0.3 is 5.97 Å². The van der Waals surface area contributed by atoms with E-state index in [0.717, 1.165) is 0 Å². The quantitative estimate of drug-likeness (QED) is 0.437. The van der Waals surface area contributed by atoms with Crippen molar-refractivity contribution < 1.29 is 19.0 Å². The largest absolute Gasteiger partial charge is 0.466 e. The minimum atomic E-state index is -0.231. The highest BCUT2D eigenvalue weighted by Crippen LogP contribution is 2.12. The molecule has 100 valence electrons. The topological polar surface area (TPSA) is 44.8 Å². The number of ether oxygens (including phenoxy) is 3. The Kier molecular flexibility index (Phi) is 9.77. The Bertz CT molecular complexity index is 215. The number of esters is 1. The van der Waals surface area contributed by atoms with Gasteiger partial charge in [-0.3, -0.25) is 4.79 Å². The zero-order valence-corrected chi connectivity index (χ0v) is 11.1. The van der Waals surface area contributed by atoms with Crippen molar-refractivity contribution in [2.75, 3.05) is 19.8 Å². The first kappa shape index (κ1) is 16.1. The van der Waals surface area contributed by atoms with Crippen molar-refractivity contribution in [3.63, 3.8) is 0 Å². The first-order valence-electron chi connectivity index (χ1n) is 6.19. The highest BCUT2D eigenvalue weighted by molar-refractivity contribution is 5.69. The van der Waals surface area contributed by atoms with E-state index in [1.807, 2.05) is 13.8 Å². The minimum absolute atomic E-state index is 0.0778. The maximum absolute atomic E-state index is 11.4. The molecule has 0 aromatic heterocycles. The lowest BCUT2D eigenvalue weighted by Gasteiger charge is -2.20. The summed E-state index contributed by atoms with van der Waals surface area (Å²) >= 11 is 0. The van der Waals surface area contributed by atoms with Gasteiger partial charge in [0.05, 0.1) is 25.2 Å². The molecule has 4 heteroatoms. The normalized spacial score (nSPS) is 14.1. The molecule has 0 amide bonds. The van der Waals surface area contributed by atoms with Crippen molar-refractivity contribution in [2.45, 2.75) is 45.8 Å². The third-order valence-corrected chi connectivity index (χ3v) is 2.24. The summed E-state index contributed by atoms with van der Waals surface area (Å²) in [5.41, 5.74) is 0. The summed E-state index contributed by atoms with van der Waals surface area (Å²) < 4.78 is 15.9. The molecule has 0 aliphatic heterocycles. The Labute approximate surface area is 104 Å². The zero-order chi connectivity index (χ0) is 13.1. The smallest absolute Gasteiger partial charge is 0.308 e. The molecule has 0 bridgehead atoms. The molecule has 2 atom stereocenters. The van der Waals surface area contributed by atoms with Gasteiger partial charge in [-0.05, 0) is 20.8 Å². The Balaban J connectivity index is 4.20. The molecule has 0 saturated carbocycles. The fourth-order valence-electron chi connectivity index (χ4n) is 1.56. The van der Waals surface area contributed by atoms with Crippen LogP contribution in [0.1, 0.15) is 33.6 Å². The van der Waals surface area contributed by atoms with E-state index in [1.165, 1.54) is 0 Å². The van der Waals surface area contributed by atoms with E-state index in [2.05, 4.69) is 6.58 Å². The van der Waals surface area contributed by atoms with Crippen LogP contribution in [-0.2, 0) is 19.0 Å². The van der Waals surface area contributed by atoms with Crippen molar-refractivity contribution in [1.82, 2.24) is 0 Å². The van der Waals surface area contributed by atoms with Crippen LogP contribution in [0.2, 0.25) is 0 Å². The monoisotopic (exact) mass is 244 g/mol. The second-order valence-corrected chi connectivity index (χ2v) is 3.55. The number of carbonyl (C=O) groups excluding carboxylic acids is 1. The average molecular weight is 244 g/mol. The molecule has 0 N–H and O–H groups in total. The van der Waals surface area contributed by atoms with Crippen LogP contribution in [0.3, 0.4) is 0 Å². The Morgan fingerprint density at radius 3 is 2.29 bits per heavy atom. The van der Waals surface area contributed by atoms with Crippen LogP contribution in [0.4, 0.5) is 0 Å². The summed E-state index contributed by atoms with van der Waals surface area (Å²) in [5, 5.41) is 0. The van der Waals surface area contributed by atoms with Gasteiger partial charge in [-0.15, -0.1) is 6.58 Å². The molecule has 0 aromatic rings. The van der Waals surface area contributed by atoms with Gasteiger partial charge in [-0.1, -0.05) is 6.08 Å². The lowest BCUT2D eigenvalue weighted by Crippen LogP contribution is -2.25. The highest BCUT2D eigenvalue weighted by Gasteiger charge is 2.18. The van der Waals surface area contributed by atoms with Gasteiger partial charge in [-0.2, -0.15) is 0 Å². The van der Waals surface area contributed by atoms with Crippen molar-refractivity contribution in [1.29, 1.82) is 0 Å². The van der Waals surface area contributed by atoms with Crippen molar-refractivity contribution in [2.24, 2.45) is 0 Å². The average Bonchev–Trinajstić information content (AvgIpc) is 2.29. The molecule has 0 saturated heterocycles. The summed E-state index contributed by atoms with van der Waals surface area (Å²) in [4.78, 5) is 11.4. The van der Waals surface area contributed by atoms with Gasteiger partial charge in [0.2, 0.25) is 0 Å². The van der Waals surface area contributed by atoms with E-state index in [9.17, 15) is 4.79 Å². The lowest BCUT2D eigenvalue weighted by atomic mass is 10.1.